The van der Waals surface area contributed by atoms with Gasteiger partial charge in [0.05, 0.1) is 51.1 Å². The van der Waals surface area contributed by atoms with Gasteiger partial charge in [0.15, 0.2) is 69.1 Å². The highest BCUT2D eigenvalue weighted by Gasteiger charge is 2.33. The van der Waals surface area contributed by atoms with Crippen LogP contribution in [-0.2, 0) is 6.18 Å². The molecule has 0 aromatic heterocycles. The number of benzene rings is 16. The molecule has 0 aliphatic carbocycles. The first-order valence-corrected chi connectivity index (χ1v) is 38.3. The number of anilines is 12. The second-order valence-electron chi connectivity index (χ2n) is 28.3. The van der Waals surface area contributed by atoms with E-state index in [0.29, 0.717) is 38.9 Å². The molecule has 4 aliphatic rings. The first-order valence-electron chi connectivity index (χ1n) is 38.3. The maximum absolute atomic E-state index is 13.1. The van der Waals surface area contributed by atoms with Crippen LogP contribution in [0.2, 0.25) is 0 Å². The van der Waals surface area contributed by atoms with Crippen molar-refractivity contribution in [3.8, 4) is 46.0 Å². The monoisotopic (exact) mass is 1570 g/mol. The second kappa shape index (κ2) is 33.0. The van der Waals surface area contributed by atoms with Crippen LogP contribution in [0.15, 0.2) is 388 Å². The summed E-state index contributed by atoms with van der Waals surface area (Å²) < 4.78 is 75.6. The van der Waals surface area contributed by atoms with Gasteiger partial charge in [0.2, 0.25) is 0 Å². The Hall–Kier alpha value is -15.7. The average Bonchev–Trinajstić information content (AvgIpc) is 0.773. The summed E-state index contributed by atoms with van der Waals surface area (Å²) in [6.07, 6.45) is -4.44. The van der Waals surface area contributed by atoms with Gasteiger partial charge < -0.3 is 38.5 Å². The number of aryl methyl sites for hydroxylation is 2. The SMILES string of the molecule is Cc1ccc(C(=O)c2ccc(N3c4ccccc4Oc4ccccc43)cc2)cc1.Cc1ccc(C(=O)c2ccc(N3c4ccccc4Oc4ccccc43)cc2)cc1.O=C(c1ccc(F)cc1)c1ccc(N2c3ccccc3Oc3ccccc32)cc1.O=C(c1ccc(N2c3ccccc3Oc3ccccc32)cc1)c1ccc(C(F)(F)F)cc1. The van der Waals surface area contributed by atoms with E-state index in [1.165, 1.54) is 36.4 Å². The molecule has 0 radical (unpaired) electrons. The molecule has 16 aromatic rings. The number of alkyl halides is 3. The first-order chi connectivity index (χ1) is 58.0. The number of rotatable bonds is 12. The van der Waals surface area contributed by atoms with Crippen LogP contribution in [0.5, 0.6) is 46.0 Å². The number of halogens is 4. The van der Waals surface area contributed by atoms with E-state index < -0.39 is 11.7 Å². The normalized spacial score (nSPS) is 12.1. The van der Waals surface area contributed by atoms with Crippen molar-refractivity contribution in [2.45, 2.75) is 20.0 Å². The van der Waals surface area contributed by atoms with Crippen molar-refractivity contribution in [3.63, 3.8) is 0 Å². The van der Waals surface area contributed by atoms with Crippen LogP contribution >= 0.6 is 0 Å². The summed E-state index contributed by atoms with van der Waals surface area (Å²) in [5.74, 6) is 5.45. The van der Waals surface area contributed by atoms with Gasteiger partial charge in [-0.3, -0.25) is 19.2 Å². The van der Waals surface area contributed by atoms with Crippen molar-refractivity contribution in [2.75, 3.05) is 19.6 Å². The van der Waals surface area contributed by atoms with Crippen LogP contribution in [0.1, 0.15) is 80.4 Å². The summed E-state index contributed by atoms with van der Waals surface area (Å²) in [7, 11) is 0. The highest BCUT2D eigenvalue weighted by Crippen LogP contribution is 2.55. The Bertz CT molecular complexity index is 5820. The van der Waals surface area contributed by atoms with Crippen molar-refractivity contribution in [1.82, 2.24) is 0 Å². The Morgan fingerprint density at radius 2 is 0.378 bits per heavy atom. The summed E-state index contributed by atoms with van der Waals surface area (Å²) in [6, 6.07) is 118. The summed E-state index contributed by atoms with van der Waals surface area (Å²) in [5, 5.41) is 0. The average molecular weight is 1570 g/mol. The third-order valence-corrected chi connectivity index (χ3v) is 20.5. The van der Waals surface area contributed by atoms with Gasteiger partial charge in [0.1, 0.15) is 5.82 Å². The van der Waals surface area contributed by atoms with E-state index >= 15 is 0 Å². The van der Waals surface area contributed by atoms with Gasteiger partial charge >= 0.3 is 6.18 Å². The van der Waals surface area contributed by atoms with E-state index in [4.69, 9.17) is 18.9 Å². The van der Waals surface area contributed by atoms with E-state index in [0.717, 1.165) is 138 Å². The zero-order chi connectivity index (χ0) is 81.7. The number of nitrogens with zero attached hydrogens (tertiary/aromatic N) is 4. The van der Waals surface area contributed by atoms with Gasteiger partial charge in [-0.15, -0.1) is 0 Å². The fourth-order valence-electron chi connectivity index (χ4n) is 14.5. The number of para-hydroxylation sites is 16. The quantitative estimate of drug-likeness (QED) is 0.0856. The minimum atomic E-state index is -4.44. The molecule has 0 atom stereocenters. The molecule has 12 nitrogen and oxygen atoms in total. The lowest BCUT2D eigenvalue weighted by molar-refractivity contribution is -0.137. The van der Waals surface area contributed by atoms with Gasteiger partial charge in [-0.1, -0.05) is 169 Å². The molecule has 0 saturated heterocycles. The van der Waals surface area contributed by atoms with Gasteiger partial charge in [0.25, 0.3) is 0 Å². The van der Waals surface area contributed by atoms with Crippen molar-refractivity contribution in [1.29, 1.82) is 0 Å². The van der Waals surface area contributed by atoms with Gasteiger partial charge in [0, 0.05) is 67.3 Å². The molecule has 16 heteroatoms. The molecule has 0 bridgehead atoms. The van der Waals surface area contributed by atoms with Crippen molar-refractivity contribution in [2.24, 2.45) is 0 Å². The summed E-state index contributed by atoms with van der Waals surface area (Å²) in [4.78, 5) is 59.6. The Labute approximate surface area is 684 Å². The molecule has 0 N–H and O–H groups in total. The third kappa shape index (κ3) is 15.9. The highest BCUT2D eigenvalue weighted by molar-refractivity contribution is 6.12. The second-order valence-corrected chi connectivity index (χ2v) is 28.3. The summed E-state index contributed by atoms with van der Waals surface area (Å²) in [5.41, 5.74) is 17.1. The van der Waals surface area contributed by atoms with Gasteiger partial charge in [-0.2, -0.15) is 13.2 Å². The Morgan fingerprint density at radius 3 is 0.563 bits per heavy atom. The number of carbonyl (C=O) groups excluding carboxylic acids is 4. The number of ether oxygens (including phenoxy) is 4. The molecule has 0 spiro atoms. The van der Waals surface area contributed by atoms with Crippen LogP contribution in [-0.4, -0.2) is 23.1 Å². The maximum atomic E-state index is 13.1. The Morgan fingerprint density at radius 1 is 0.218 bits per heavy atom. The minimum Gasteiger partial charge on any atom is -0.453 e. The summed E-state index contributed by atoms with van der Waals surface area (Å²) in [6.45, 7) is 4.03. The lowest BCUT2D eigenvalue weighted by atomic mass is 10.0. The van der Waals surface area contributed by atoms with Crippen molar-refractivity contribution >= 4 is 91.4 Å². The standard InChI is InChI=1S/C26H16F3NO2.2C26H19NO2.C25H16FNO2/c27-26(28,29)19-13-9-17(10-14-19)25(31)18-11-15-20(16-12-18)30-21-5-1-3-7-23(21)32-24-8-4-2-6-22(24)30;2*1-18-10-12-19(13-11-18)26(28)20-14-16-21(17-15-20)27-22-6-2-4-8-24(22)29-25-9-5-3-7-23(25)27;26-19-13-9-17(10-14-19)25(28)18-11-15-20(16-12-18)27-21-5-1-3-7-23(21)29-24-8-4-2-6-22(24)27/h1-16H;2*2-17H,1H3;1-16H. The van der Waals surface area contributed by atoms with Crippen LogP contribution in [0, 0.1) is 19.7 Å². The molecule has 119 heavy (non-hydrogen) atoms. The predicted molar refractivity (Wildman–Crippen MR) is 459 cm³/mol. The molecule has 0 fully saturated rings. The minimum absolute atomic E-state index is 0.0272. The molecule has 4 heterocycles. The third-order valence-electron chi connectivity index (χ3n) is 20.5. The van der Waals surface area contributed by atoms with E-state index in [9.17, 15) is 36.7 Å². The van der Waals surface area contributed by atoms with Crippen LogP contribution in [0.4, 0.5) is 85.8 Å². The lowest BCUT2D eigenvalue weighted by Crippen LogP contribution is -2.15. The van der Waals surface area contributed by atoms with Gasteiger partial charge in [-0.05, 0) is 244 Å². The molecule has 16 aromatic carbocycles. The molecular formula is C103H70F4N4O8. The molecule has 4 aliphatic heterocycles. The Kier molecular flexibility index (Phi) is 21.1. The number of carbonyl (C=O) groups is 4. The topological polar surface area (TPSA) is 118 Å². The molecular weight excluding hydrogens is 1500 g/mol. The maximum Gasteiger partial charge on any atom is 0.416 e. The number of hydrogen-bond donors (Lipinski definition) is 0. The highest BCUT2D eigenvalue weighted by atomic mass is 19.4. The van der Waals surface area contributed by atoms with E-state index in [1.807, 2.05) is 334 Å². The molecule has 0 amide bonds. The zero-order valence-electron chi connectivity index (χ0n) is 64.0. The largest absolute Gasteiger partial charge is 0.453 e. The fourth-order valence-corrected chi connectivity index (χ4v) is 14.5. The van der Waals surface area contributed by atoms with Crippen LogP contribution in [0.25, 0.3) is 0 Å². The van der Waals surface area contributed by atoms with Crippen LogP contribution in [0.3, 0.4) is 0 Å². The van der Waals surface area contributed by atoms with E-state index in [-0.39, 0.29) is 34.5 Å². The molecule has 578 valence electrons. The van der Waals surface area contributed by atoms with Crippen LogP contribution < -0.4 is 38.5 Å². The molecule has 0 saturated carbocycles. The van der Waals surface area contributed by atoms with Crippen molar-refractivity contribution < 1.29 is 55.7 Å². The fraction of sp³-hybridized carbons (Fsp3) is 0.0291. The lowest BCUT2D eigenvalue weighted by Gasteiger charge is -2.32. The number of hydrogen-bond acceptors (Lipinski definition) is 12. The van der Waals surface area contributed by atoms with E-state index in [1.54, 1.807) is 24.3 Å². The molecule has 20 rings (SSSR count). The number of ketones is 4. The summed E-state index contributed by atoms with van der Waals surface area (Å²) >= 11 is 0. The number of fused-ring (bicyclic) bond motifs is 8. The Balaban J connectivity index is 0.000000114. The van der Waals surface area contributed by atoms with E-state index in [2.05, 4.69) is 14.7 Å². The first kappa shape index (κ1) is 76.0. The van der Waals surface area contributed by atoms with Gasteiger partial charge in [-0.25, -0.2) is 4.39 Å². The molecule has 0 unspecified atom stereocenters. The zero-order valence-corrected chi connectivity index (χ0v) is 64.0. The predicted octanol–water partition coefficient (Wildman–Crippen LogP) is 27.7. The smallest absolute Gasteiger partial charge is 0.416 e. The van der Waals surface area contributed by atoms with Crippen molar-refractivity contribution in [3.05, 3.63) is 455 Å².